The molecule has 0 saturated carbocycles. The lowest BCUT2D eigenvalue weighted by Gasteiger charge is -2.03. The van der Waals surface area contributed by atoms with E-state index in [1.807, 2.05) is 0 Å². The van der Waals surface area contributed by atoms with Gasteiger partial charge in [0, 0.05) is 11.6 Å². The zero-order valence-electron chi connectivity index (χ0n) is 8.90. The van der Waals surface area contributed by atoms with E-state index < -0.39 is 16.0 Å². The minimum Gasteiger partial charge on any atom is -0.478 e. The molecule has 2 heterocycles. The first-order chi connectivity index (χ1) is 8.49. The predicted molar refractivity (Wildman–Crippen MR) is 66.3 cm³/mol. The van der Waals surface area contributed by atoms with E-state index in [2.05, 4.69) is 9.71 Å². The maximum atomic E-state index is 11.9. The number of anilines is 1. The van der Waals surface area contributed by atoms with E-state index >= 15 is 0 Å². The molecule has 94 valence electrons. The number of pyridine rings is 1. The van der Waals surface area contributed by atoms with Crippen molar-refractivity contribution in [1.29, 1.82) is 0 Å². The monoisotopic (exact) mass is 284 g/mol. The van der Waals surface area contributed by atoms with Gasteiger partial charge in [-0.3, -0.25) is 4.72 Å². The Hall–Kier alpha value is -1.93. The summed E-state index contributed by atoms with van der Waals surface area (Å²) in [5.41, 5.74) is -0.0543. The van der Waals surface area contributed by atoms with Crippen molar-refractivity contribution in [3.63, 3.8) is 0 Å². The van der Waals surface area contributed by atoms with Crippen LogP contribution in [0.5, 0.6) is 0 Å². The van der Waals surface area contributed by atoms with Gasteiger partial charge in [-0.15, -0.1) is 11.3 Å². The van der Waals surface area contributed by atoms with E-state index in [0.717, 1.165) is 17.4 Å². The van der Waals surface area contributed by atoms with Crippen LogP contribution in [-0.4, -0.2) is 24.5 Å². The topological polar surface area (TPSA) is 96.4 Å². The summed E-state index contributed by atoms with van der Waals surface area (Å²) in [5.74, 6) is -0.978. The molecule has 2 rings (SSSR count). The van der Waals surface area contributed by atoms with Crippen LogP contribution in [0.15, 0.2) is 40.1 Å². The van der Waals surface area contributed by atoms with Crippen LogP contribution >= 0.6 is 11.3 Å². The number of hydrogen-bond donors (Lipinski definition) is 2. The molecule has 0 amide bonds. The van der Waals surface area contributed by atoms with Crippen LogP contribution in [0.4, 0.5) is 5.82 Å². The highest BCUT2D eigenvalue weighted by Gasteiger charge is 2.19. The van der Waals surface area contributed by atoms with Gasteiger partial charge in [0.05, 0.1) is 5.56 Å². The minimum atomic E-state index is -3.78. The summed E-state index contributed by atoms with van der Waals surface area (Å²) in [6.45, 7) is 0. The average Bonchev–Trinajstić information content (AvgIpc) is 2.79. The molecule has 0 spiro atoms. The first-order valence-corrected chi connectivity index (χ1v) is 7.11. The van der Waals surface area contributed by atoms with Crippen molar-refractivity contribution in [3.05, 3.63) is 41.4 Å². The molecule has 0 aromatic carbocycles. The van der Waals surface area contributed by atoms with E-state index in [1.54, 1.807) is 12.1 Å². The lowest BCUT2D eigenvalue weighted by Crippen LogP contribution is -2.12. The fourth-order valence-electron chi connectivity index (χ4n) is 1.18. The van der Waals surface area contributed by atoms with Gasteiger partial charge >= 0.3 is 5.97 Å². The number of aromatic carboxylic acids is 1. The Labute approximate surface area is 107 Å². The van der Waals surface area contributed by atoms with Gasteiger partial charge in [0.25, 0.3) is 10.0 Å². The first kappa shape index (κ1) is 12.5. The normalized spacial score (nSPS) is 11.1. The second-order valence-corrected chi connectivity index (χ2v) is 6.10. The van der Waals surface area contributed by atoms with Crippen LogP contribution in [0.3, 0.4) is 0 Å². The van der Waals surface area contributed by atoms with E-state index in [0.29, 0.717) is 0 Å². The molecule has 0 saturated heterocycles. The number of carbonyl (C=O) groups is 1. The number of nitrogens with zero attached hydrogens (tertiary/aromatic N) is 1. The quantitative estimate of drug-likeness (QED) is 0.889. The Morgan fingerprint density at radius 2 is 2.17 bits per heavy atom. The summed E-state index contributed by atoms with van der Waals surface area (Å²) in [6.07, 6.45) is 1.45. The van der Waals surface area contributed by atoms with Gasteiger partial charge in [0.1, 0.15) is 10.0 Å². The molecule has 6 nitrogen and oxygen atoms in total. The third-order valence-electron chi connectivity index (χ3n) is 1.99. The number of carboxylic acid groups (broad SMARTS) is 1. The summed E-state index contributed by atoms with van der Waals surface area (Å²) in [4.78, 5) is 14.5. The van der Waals surface area contributed by atoms with Crippen molar-refractivity contribution in [3.8, 4) is 0 Å². The van der Waals surface area contributed by atoms with Crippen molar-refractivity contribution >= 4 is 33.1 Å². The summed E-state index contributed by atoms with van der Waals surface area (Å²) in [5, 5.41) is 10.0. The molecule has 8 heteroatoms. The van der Waals surface area contributed by atoms with Crippen LogP contribution in [0.25, 0.3) is 0 Å². The summed E-state index contributed by atoms with van der Waals surface area (Å²) >= 11 is 0.845. The minimum absolute atomic E-state index is 0.0543. The molecular weight excluding hydrogens is 276 g/mol. The summed E-state index contributed by atoms with van der Waals surface area (Å²) in [6, 6.07) is 5.91. The molecule has 2 N–H and O–H groups in total. The van der Waals surface area contributed by atoms with Crippen molar-refractivity contribution in [1.82, 2.24) is 4.98 Å². The molecule has 0 aliphatic carbocycles. The molecule has 18 heavy (non-hydrogen) atoms. The molecule has 0 aliphatic heterocycles. The van der Waals surface area contributed by atoms with Crippen molar-refractivity contribution < 1.29 is 18.3 Å². The number of nitrogens with one attached hydrogen (secondary N) is 1. The largest absolute Gasteiger partial charge is 0.478 e. The number of carboxylic acids is 1. The fourth-order valence-corrected chi connectivity index (χ4v) is 3.34. The van der Waals surface area contributed by atoms with Gasteiger partial charge in [0.15, 0.2) is 0 Å². The second kappa shape index (κ2) is 4.75. The summed E-state index contributed by atoms with van der Waals surface area (Å²) in [7, 11) is -3.78. The van der Waals surface area contributed by atoms with Gasteiger partial charge in [-0.2, -0.15) is 0 Å². The van der Waals surface area contributed by atoms with E-state index in [9.17, 15) is 13.2 Å². The number of sulfonamides is 1. The zero-order chi connectivity index (χ0) is 13.2. The van der Waals surface area contributed by atoms with E-state index in [1.165, 1.54) is 17.6 Å². The second-order valence-electron chi connectivity index (χ2n) is 3.28. The molecule has 2 aromatic heterocycles. The zero-order valence-corrected chi connectivity index (χ0v) is 10.5. The maximum absolute atomic E-state index is 11.9. The van der Waals surface area contributed by atoms with Gasteiger partial charge in [-0.1, -0.05) is 6.07 Å². The fraction of sp³-hybridized carbons (Fsp3) is 0. The van der Waals surface area contributed by atoms with Gasteiger partial charge in [-0.25, -0.2) is 18.2 Å². The Kier molecular flexibility index (Phi) is 3.30. The van der Waals surface area contributed by atoms with Crippen LogP contribution in [0.2, 0.25) is 0 Å². The van der Waals surface area contributed by atoms with Crippen LogP contribution in [0, 0.1) is 0 Å². The van der Waals surface area contributed by atoms with Gasteiger partial charge in [0.2, 0.25) is 0 Å². The van der Waals surface area contributed by atoms with Crippen molar-refractivity contribution in [2.75, 3.05) is 4.72 Å². The first-order valence-electron chi connectivity index (χ1n) is 4.75. The Morgan fingerprint density at radius 3 is 2.72 bits per heavy atom. The Bertz CT molecular complexity index is 664. The molecule has 0 atom stereocenters. The maximum Gasteiger partial charge on any atom is 0.336 e. The van der Waals surface area contributed by atoms with Crippen molar-refractivity contribution in [2.24, 2.45) is 0 Å². The third kappa shape index (κ3) is 2.66. The van der Waals surface area contributed by atoms with Crippen molar-refractivity contribution in [2.45, 2.75) is 4.21 Å². The van der Waals surface area contributed by atoms with Gasteiger partial charge < -0.3 is 5.11 Å². The predicted octanol–water partition coefficient (Wildman–Crippen LogP) is 1.64. The molecular formula is C10H8N2O4S2. The molecule has 0 fully saturated rings. The highest BCUT2D eigenvalue weighted by Crippen LogP contribution is 2.22. The third-order valence-corrected chi connectivity index (χ3v) is 4.79. The molecule has 0 radical (unpaired) electrons. The number of thiophene rings is 1. The van der Waals surface area contributed by atoms with Gasteiger partial charge in [-0.05, 0) is 18.2 Å². The number of aromatic nitrogens is 1. The molecule has 0 unspecified atom stereocenters. The highest BCUT2D eigenvalue weighted by molar-refractivity contribution is 7.94. The lowest BCUT2D eigenvalue weighted by molar-refractivity contribution is 0.0697. The Balaban J connectivity index is 2.28. The molecule has 0 bridgehead atoms. The number of rotatable bonds is 4. The SMILES string of the molecule is O=C(O)c1csc(S(=O)(=O)Nc2ccccn2)c1. The smallest absolute Gasteiger partial charge is 0.336 e. The average molecular weight is 284 g/mol. The highest BCUT2D eigenvalue weighted by atomic mass is 32.2. The van der Waals surface area contributed by atoms with Crippen LogP contribution in [0.1, 0.15) is 10.4 Å². The Morgan fingerprint density at radius 1 is 1.39 bits per heavy atom. The standard InChI is InChI=1S/C10H8N2O4S2/c13-10(14)7-5-9(17-6-7)18(15,16)12-8-3-1-2-4-11-8/h1-6H,(H,11,12)(H,13,14). The van der Waals surface area contributed by atoms with Crippen LogP contribution < -0.4 is 4.72 Å². The molecule has 2 aromatic rings. The molecule has 0 aliphatic rings. The van der Waals surface area contributed by atoms with Crippen LogP contribution in [-0.2, 0) is 10.0 Å². The summed E-state index contributed by atoms with van der Waals surface area (Å²) < 4.78 is 26.0. The number of hydrogen-bond acceptors (Lipinski definition) is 5. The van der Waals surface area contributed by atoms with E-state index in [-0.39, 0.29) is 15.6 Å². The van der Waals surface area contributed by atoms with E-state index in [4.69, 9.17) is 5.11 Å². The lowest BCUT2D eigenvalue weighted by atomic mass is 10.4.